The van der Waals surface area contributed by atoms with Crippen molar-refractivity contribution in [1.82, 2.24) is 10.2 Å². The van der Waals surface area contributed by atoms with Crippen molar-refractivity contribution in [2.45, 2.75) is 32.4 Å². The van der Waals surface area contributed by atoms with E-state index in [9.17, 15) is 4.79 Å². The normalized spacial score (nSPS) is 15.4. The molecule has 1 saturated heterocycles. The molecule has 0 atom stereocenters. The van der Waals surface area contributed by atoms with Crippen LogP contribution in [0.4, 0.5) is 0 Å². The number of aryl methyl sites for hydroxylation is 1. The second-order valence-corrected chi connectivity index (χ2v) is 7.35. The van der Waals surface area contributed by atoms with E-state index in [-0.39, 0.29) is 11.9 Å². The number of amides is 1. The van der Waals surface area contributed by atoms with Gasteiger partial charge in [-0.25, -0.2) is 0 Å². The molecule has 0 saturated carbocycles. The smallest absolute Gasteiger partial charge is 0.255 e. The Morgan fingerprint density at radius 1 is 1.11 bits per heavy atom. The van der Waals surface area contributed by atoms with Crippen molar-refractivity contribution in [3.05, 3.63) is 65.2 Å². The van der Waals surface area contributed by atoms with Gasteiger partial charge in [-0.3, -0.25) is 9.69 Å². The number of benzene rings is 2. The maximum Gasteiger partial charge on any atom is 0.255 e. The SMILES string of the molecule is COCCOc1ccccc1C(=O)NC1CCN(Cc2cccc(C)c2)CC1. The largest absolute Gasteiger partial charge is 0.490 e. The van der Waals surface area contributed by atoms with Crippen molar-refractivity contribution in [2.24, 2.45) is 0 Å². The first-order chi connectivity index (χ1) is 13.7. The van der Waals surface area contributed by atoms with Crippen LogP contribution in [0.1, 0.15) is 34.3 Å². The molecule has 0 unspecified atom stereocenters. The zero-order valence-corrected chi connectivity index (χ0v) is 16.8. The van der Waals surface area contributed by atoms with Crippen LogP contribution in [-0.4, -0.2) is 50.3 Å². The fourth-order valence-corrected chi connectivity index (χ4v) is 3.58. The van der Waals surface area contributed by atoms with Gasteiger partial charge in [0.2, 0.25) is 0 Å². The van der Waals surface area contributed by atoms with Crippen LogP contribution < -0.4 is 10.1 Å². The maximum absolute atomic E-state index is 12.7. The quantitative estimate of drug-likeness (QED) is 0.711. The van der Waals surface area contributed by atoms with Crippen LogP contribution in [0, 0.1) is 6.92 Å². The van der Waals surface area contributed by atoms with E-state index in [0.29, 0.717) is 24.5 Å². The molecule has 2 aromatic carbocycles. The highest BCUT2D eigenvalue weighted by Crippen LogP contribution is 2.20. The third-order valence-corrected chi connectivity index (χ3v) is 5.09. The summed E-state index contributed by atoms with van der Waals surface area (Å²) < 4.78 is 10.7. The van der Waals surface area contributed by atoms with Crippen molar-refractivity contribution in [1.29, 1.82) is 0 Å². The molecule has 0 aromatic heterocycles. The lowest BCUT2D eigenvalue weighted by molar-refractivity contribution is 0.0901. The standard InChI is InChI=1S/C23H30N2O3/c1-18-6-5-7-19(16-18)17-25-12-10-20(11-13-25)24-23(26)21-8-3-4-9-22(21)28-15-14-27-2/h3-9,16,20H,10-15,17H2,1-2H3,(H,24,26). The number of methoxy groups -OCH3 is 1. The van der Waals surface area contributed by atoms with E-state index in [1.807, 2.05) is 24.3 Å². The van der Waals surface area contributed by atoms with Crippen molar-refractivity contribution in [3.63, 3.8) is 0 Å². The van der Waals surface area contributed by atoms with Gasteiger partial charge in [-0.15, -0.1) is 0 Å². The van der Waals surface area contributed by atoms with E-state index in [4.69, 9.17) is 9.47 Å². The van der Waals surface area contributed by atoms with Gasteiger partial charge < -0.3 is 14.8 Å². The summed E-state index contributed by atoms with van der Waals surface area (Å²) in [6.45, 7) is 6.00. The lowest BCUT2D eigenvalue weighted by Gasteiger charge is -2.32. The average Bonchev–Trinajstić information content (AvgIpc) is 2.70. The topological polar surface area (TPSA) is 50.8 Å². The Balaban J connectivity index is 1.50. The molecule has 0 bridgehead atoms. The number of nitrogens with zero attached hydrogens (tertiary/aromatic N) is 1. The minimum Gasteiger partial charge on any atom is -0.490 e. The van der Waals surface area contributed by atoms with Crippen molar-refractivity contribution >= 4 is 5.91 Å². The van der Waals surface area contributed by atoms with Crippen molar-refractivity contribution < 1.29 is 14.3 Å². The highest BCUT2D eigenvalue weighted by atomic mass is 16.5. The summed E-state index contributed by atoms with van der Waals surface area (Å²) >= 11 is 0. The van der Waals surface area contributed by atoms with Crippen LogP contribution in [-0.2, 0) is 11.3 Å². The molecule has 5 heteroatoms. The Kier molecular flexibility index (Phi) is 7.46. The molecule has 0 aliphatic carbocycles. The number of carbonyl (C=O) groups excluding carboxylic acids is 1. The third kappa shape index (κ3) is 5.81. The predicted octanol–water partition coefficient (Wildman–Crippen LogP) is 3.41. The second-order valence-electron chi connectivity index (χ2n) is 7.35. The number of likely N-dealkylation sites (tertiary alicyclic amines) is 1. The van der Waals surface area contributed by atoms with Crippen LogP contribution in [0.15, 0.2) is 48.5 Å². The molecule has 0 spiro atoms. The van der Waals surface area contributed by atoms with Crippen molar-refractivity contribution in [2.75, 3.05) is 33.4 Å². The summed E-state index contributed by atoms with van der Waals surface area (Å²) in [6.07, 6.45) is 1.93. The maximum atomic E-state index is 12.7. The van der Waals surface area contributed by atoms with Gasteiger partial charge >= 0.3 is 0 Å². The van der Waals surface area contributed by atoms with Gasteiger partial charge in [-0.05, 0) is 37.5 Å². The number of piperidine rings is 1. The van der Waals surface area contributed by atoms with Crippen molar-refractivity contribution in [3.8, 4) is 5.75 Å². The summed E-state index contributed by atoms with van der Waals surface area (Å²) in [5.41, 5.74) is 3.23. The zero-order chi connectivity index (χ0) is 19.8. The van der Waals surface area contributed by atoms with Crippen LogP contribution in [0.5, 0.6) is 5.75 Å². The molecular weight excluding hydrogens is 352 g/mol. The molecule has 1 aliphatic rings. The van der Waals surface area contributed by atoms with Gasteiger partial charge in [0.1, 0.15) is 12.4 Å². The molecule has 1 heterocycles. The summed E-state index contributed by atoms with van der Waals surface area (Å²) in [5.74, 6) is 0.541. The second kappa shape index (κ2) is 10.2. The first kappa shape index (κ1) is 20.4. The predicted molar refractivity (Wildman–Crippen MR) is 111 cm³/mol. The zero-order valence-electron chi connectivity index (χ0n) is 16.8. The van der Waals surface area contributed by atoms with Gasteiger partial charge in [0.25, 0.3) is 5.91 Å². The number of hydrogen-bond acceptors (Lipinski definition) is 4. The molecule has 1 N–H and O–H groups in total. The van der Waals surface area contributed by atoms with Gasteiger partial charge in [0.15, 0.2) is 0 Å². The summed E-state index contributed by atoms with van der Waals surface area (Å²) in [6, 6.07) is 16.2. The molecule has 3 rings (SSSR count). The van der Waals surface area contributed by atoms with Gasteiger partial charge in [0.05, 0.1) is 12.2 Å². The first-order valence-corrected chi connectivity index (χ1v) is 9.95. The molecule has 28 heavy (non-hydrogen) atoms. The van der Waals surface area contributed by atoms with Crippen LogP contribution in [0.2, 0.25) is 0 Å². The van der Waals surface area contributed by atoms with Gasteiger partial charge in [0, 0.05) is 32.8 Å². The number of ether oxygens (including phenoxy) is 2. The molecule has 2 aromatic rings. The van der Waals surface area contributed by atoms with E-state index < -0.39 is 0 Å². The number of nitrogens with one attached hydrogen (secondary N) is 1. The lowest BCUT2D eigenvalue weighted by Crippen LogP contribution is -2.44. The summed E-state index contributed by atoms with van der Waals surface area (Å²) in [4.78, 5) is 15.2. The number of para-hydroxylation sites is 1. The monoisotopic (exact) mass is 382 g/mol. The number of carbonyl (C=O) groups is 1. The van der Waals surface area contributed by atoms with Crippen LogP contribution >= 0.6 is 0 Å². The number of rotatable bonds is 8. The molecule has 5 nitrogen and oxygen atoms in total. The Bertz CT molecular complexity index is 770. The Morgan fingerprint density at radius 3 is 2.64 bits per heavy atom. The van der Waals surface area contributed by atoms with E-state index in [2.05, 4.69) is 41.4 Å². The summed E-state index contributed by atoms with van der Waals surface area (Å²) in [5, 5.41) is 3.18. The minimum atomic E-state index is -0.0647. The highest BCUT2D eigenvalue weighted by molar-refractivity contribution is 5.97. The first-order valence-electron chi connectivity index (χ1n) is 9.95. The fraction of sp³-hybridized carbons (Fsp3) is 0.435. The average molecular weight is 383 g/mol. The van der Waals surface area contributed by atoms with Crippen LogP contribution in [0.25, 0.3) is 0 Å². The fourth-order valence-electron chi connectivity index (χ4n) is 3.58. The minimum absolute atomic E-state index is 0.0647. The Morgan fingerprint density at radius 2 is 1.89 bits per heavy atom. The molecule has 0 radical (unpaired) electrons. The Labute approximate surface area is 167 Å². The Hall–Kier alpha value is -2.37. The van der Waals surface area contributed by atoms with E-state index in [1.54, 1.807) is 7.11 Å². The molecule has 1 amide bonds. The van der Waals surface area contributed by atoms with E-state index in [1.165, 1.54) is 11.1 Å². The van der Waals surface area contributed by atoms with Crippen LogP contribution in [0.3, 0.4) is 0 Å². The van der Waals surface area contributed by atoms with E-state index in [0.717, 1.165) is 32.5 Å². The number of hydrogen-bond donors (Lipinski definition) is 1. The molecule has 1 fully saturated rings. The van der Waals surface area contributed by atoms with E-state index >= 15 is 0 Å². The van der Waals surface area contributed by atoms with Gasteiger partial charge in [-0.1, -0.05) is 42.0 Å². The van der Waals surface area contributed by atoms with Gasteiger partial charge in [-0.2, -0.15) is 0 Å². The lowest BCUT2D eigenvalue weighted by atomic mass is 10.0. The molecule has 1 aliphatic heterocycles. The molecular formula is C23H30N2O3. The highest BCUT2D eigenvalue weighted by Gasteiger charge is 2.22. The molecule has 150 valence electrons. The summed E-state index contributed by atoms with van der Waals surface area (Å²) in [7, 11) is 1.63. The third-order valence-electron chi connectivity index (χ3n) is 5.09.